The smallest absolute Gasteiger partial charge is 0.358 e. The number of carbonyl (C=O) groups excluding carboxylic acids is 1. The van der Waals surface area contributed by atoms with Crippen LogP contribution in [0.25, 0.3) is 0 Å². The number of aromatic nitrogens is 2. The van der Waals surface area contributed by atoms with Crippen molar-refractivity contribution in [3.63, 3.8) is 0 Å². The summed E-state index contributed by atoms with van der Waals surface area (Å²) in [5.41, 5.74) is 0.900. The number of hydrogen-bond acceptors (Lipinski definition) is 6. The molecule has 1 aromatic rings. The maximum atomic E-state index is 12.1. The fraction of sp³-hybridized carbons (Fsp3) is 0.643. The molecular weight excluding hydrogens is 256 g/mol. The molecule has 1 N–H and O–H groups in total. The summed E-state index contributed by atoms with van der Waals surface area (Å²) >= 11 is 0. The second kappa shape index (κ2) is 8.60. The lowest BCUT2D eigenvalue weighted by atomic mass is 10.2. The van der Waals surface area contributed by atoms with Crippen LogP contribution < -0.4 is 5.32 Å². The van der Waals surface area contributed by atoms with E-state index >= 15 is 0 Å². The van der Waals surface area contributed by atoms with Crippen LogP contribution in [0.5, 0.6) is 0 Å². The van der Waals surface area contributed by atoms with Gasteiger partial charge in [0.15, 0.2) is 5.69 Å². The third kappa shape index (κ3) is 4.54. The molecule has 0 saturated heterocycles. The topological polar surface area (TPSA) is 67.3 Å². The van der Waals surface area contributed by atoms with Gasteiger partial charge in [-0.3, -0.25) is 4.98 Å². The lowest BCUT2D eigenvalue weighted by molar-refractivity contribution is 0.0456. The molecule has 0 aromatic carbocycles. The van der Waals surface area contributed by atoms with Crippen LogP contribution in [0.1, 0.15) is 43.0 Å². The molecule has 0 bridgehead atoms. The molecule has 0 radical (unpaired) electrons. The minimum Gasteiger partial charge on any atom is -0.460 e. The molecule has 0 spiro atoms. The van der Waals surface area contributed by atoms with Gasteiger partial charge in [0.05, 0.1) is 5.69 Å². The second-order valence-electron chi connectivity index (χ2n) is 4.46. The molecule has 0 aliphatic rings. The first-order chi connectivity index (χ1) is 9.63. The van der Waals surface area contributed by atoms with Gasteiger partial charge in [-0.2, -0.15) is 0 Å². The van der Waals surface area contributed by atoms with Crippen molar-refractivity contribution < 1.29 is 9.53 Å². The average Bonchev–Trinajstić information content (AvgIpc) is 2.50. The van der Waals surface area contributed by atoms with Crippen molar-refractivity contribution in [3.8, 4) is 0 Å². The van der Waals surface area contributed by atoms with Crippen molar-refractivity contribution in [2.75, 3.05) is 33.3 Å². The Morgan fingerprint density at radius 3 is 2.60 bits per heavy atom. The number of nitrogens with zero attached hydrogens (tertiary/aromatic N) is 3. The summed E-state index contributed by atoms with van der Waals surface area (Å²) in [6, 6.07) is -0.0472. The van der Waals surface area contributed by atoms with Crippen molar-refractivity contribution in [2.24, 2.45) is 0 Å². The summed E-state index contributed by atoms with van der Waals surface area (Å²) in [5, 5.41) is 3.05. The van der Waals surface area contributed by atoms with Crippen LogP contribution in [0.15, 0.2) is 12.4 Å². The van der Waals surface area contributed by atoms with Crippen molar-refractivity contribution in [3.05, 3.63) is 23.8 Å². The Hall–Kier alpha value is -1.53. The molecule has 1 aromatic heterocycles. The Bertz CT molecular complexity index is 421. The molecule has 1 atom stereocenters. The molecule has 0 fully saturated rings. The number of nitrogens with one attached hydrogen (secondary N) is 1. The Labute approximate surface area is 120 Å². The van der Waals surface area contributed by atoms with E-state index in [1.165, 1.54) is 6.20 Å². The molecule has 1 rings (SSSR count). The maximum absolute atomic E-state index is 12.1. The number of hydrogen-bond donors (Lipinski definition) is 1. The number of likely N-dealkylation sites (N-methyl/N-ethyl adjacent to an activating group) is 1. The minimum atomic E-state index is -0.414. The van der Waals surface area contributed by atoms with E-state index in [1.807, 2.05) is 14.0 Å². The van der Waals surface area contributed by atoms with E-state index in [4.69, 9.17) is 4.74 Å². The van der Waals surface area contributed by atoms with Gasteiger partial charge in [-0.1, -0.05) is 13.8 Å². The largest absolute Gasteiger partial charge is 0.460 e. The third-order valence-corrected chi connectivity index (χ3v) is 3.30. The van der Waals surface area contributed by atoms with Crippen LogP contribution >= 0.6 is 0 Å². The first-order valence-electron chi connectivity index (χ1n) is 7.01. The molecular formula is C14H24N4O2. The molecule has 6 nitrogen and oxygen atoms in total. The maximum Gasteiger partial charge on any atom is 0.358 e. The number of rotatable bonds is 8. The fourth-order valence-corrected chi connectivity index (χ4v) is 1.84. The molecule has 0 saturated carbocycles. The highest BCUT2D eigenvalue weighted by Gasteiger charge is 2.19. The Morgan fingerprint density at radius 1 is 1.35 bits per heavy atom. The van der Waals surface area contributed by atoms with Gasteiger partial charge in [0, 0.05) is 25.0 Å². The highest BCUT2D eigenvalue weighted by atomic mass is 16.5. The predicted molar refractivity (Wildman–Crippen MR) is 77.6 cm³/mol. The van der Waals surface area contributed by atoms with E-state index in [1.54, 1.807) is 6.20 Å². The van der Waals surface area contributed by atoms with Gasteiger partial charge in [-0.15, -0.1) is 0 Å². The van der Waals surface area contributed by atoms with E-state index in [0.29, 0.717) is 12.3 Å². The lowest BCUT2D eigenvalue weighted by Gasteiger charge is -2.18. The second-order valence-corrected chi connectivity index (χ2v) is 4.46. The van der Waals surface area contributed by atoms with Gasteiger partial charge < -0.3 is 15.0 Å². The monoisotopic (exact) mass is 280 g/mol. The van der Waals surface area contributed by atoms with Gasteiger partial charge in [0.2, 0.25) is 0 Å². The first-order valence-corrected chi connectivity index (χ1v) is 7.01. The minimum absolute atomic E-state index is 0.0472. The van der Waals surface area contributed by atoms with Gasteiger partial charge in [0.1, 0.15) is 6.61 Å². The highest BCUT2D eigenvalue weighted by Crippen LogP contribution is 2.13. The Morgan fingerprint density at radius 2 is 2.00 bits per heavy atom. The summed E-state index contributed by atoms with van der Waals surface area (Å²) in [7, 11) is 1.81. The highest BCUT2D eigenvalue weighted by molar-refractivity contribution is 5.88. The van der Waals surface area contributed by atoms with E-state index in [-0.39, 0.29) is 11.7 Å². The molecule has 0 amide bonds. The first kappa shape index (κ1) is 16.5. The Balaban J connectivity index is 2.64. The molecule has 20 heavy (non-hydrogen) atoms. The summed E-state index contributed by atoms with van der Waals surface area (Å²) in [6.07, 6.45) is 3.09. The summed E-state index contributed by atoms with van der Waals surface area (Å²) in [6.45, 7) is 9.08. The molecule has 0 aliphatic carbocycles. The van der Waals surface area contributed by atoms with Crippen LogP contribution in [-0.2, 0) is 4.74 Å². The van der Waals surface area contributed by atoms with E-state index < -0.39 is 5.97 Å². The van der Waals surface area contributed by atoms with Crippen LogP contribution in [0.2, 0.25) is 0 Å². The predicted octanol–water partition coefficient (Wildman–Crippen LogP) is 1.26. The lowest BCUT2D eigenvalue weighted by Crippen LogP contribution is -2.28. The zero-order valence-electron chi connectivity index (χ0n) is 12.7. The average molecular weight is 280 g/mol. The SMILES string of the molecule is CCN(CC)CCOC(=O)c1nccnc1C(C)NC. The van der Waals surface area contributed by atoms with Crippen LogP contribution in [-0.4, -0.2) is 54.1 Å². The molecule has 1 unspecified atom stereocenters. The summed E-state index contributed by atoms with van der Waals surface area (Å²) in [5.74, 6) is -0.414. The van der Waals surface area contributed by atoms with E-state index in [0.717, 1.165) is 19.6 Å². The summed E-state index contributed by atoms with van der Waals surface area (Å²) < 4.78 is 5.29. The number of ether oxygens (including phenoxy) is 1. The Kier molecular flexibility index (Phi) is 7.11. The zero-order chi connectivity index (χ0) is 15.0. The van der Waals surface area contributed by atoms with Gasteiger partial charge >= 0.3 is 5.97 Å². The van der Waals surface area contributed by atoms with Gasteiger partial charge in [-0.25, -0.2) is 9.78 Å². The third-order valence-electron chi connectivity index (χ3n) is 3.30. The number of esters is 1. The standard InChI is InChI=1S/C14H24N4O2/c1-5-18(6-2)9-10-20-14(19)13-12(11(3)15-4)16-7-8-17-13/h7-8,11,15H,5-6,9-10H2,1-4H3. The zero-order valence-corrected chi connectivity index (χ0v) is 12.7. The van der Waals surface area contributed by atoms with Gasteiger partial charge in [0.25, 0.3) is 0 Å². The van der Waals surface area contributed by atoms with Gasteiger partial charge in [-0.05, 0) is 27.1 Å². The van der Waals surface area contributed by atoms with Crippen molar-refractivity contribution in [1.82, 2.24) is 20.2 Å². The van der Waals surface area contributed by atoms with Crippen LogP contribution in [0, 0.1) is 0 Å². The molecule has 6 heteroatoms. The molecule has 1 heterocycles. The normalized spacial score (nSPS) is 12.4. The van der Waals surface area contributed by atoms with Crippen LogP contribution in [0.4, 0.5) is 0 Å². The fourth-order valence-electron chi connectivity index (χ4n) is 1.84. The molecule has 112 valence electrons. The van der Waals surface area contributed by atoms with Crippen LogP contribution in [0.3, 0.4) is 0 Å². The molecule has 0 aliphatic heterocycles. The van der Waals surface area contributed by atoms with E-state index in [2.05, 4.69) is 34.0 Å². The van der Waals surface area contributed by atoms with Crippen molar-refractivity contribution >= 4 is 5.97 Å². The van der Waals surface area contributed by atoms with Crippen molar-refractivity contribution in [1.29, 1.82) is 0 Å². The van der Waals surface area contributed by atoms with Crippen molar-refractivity contribution in [2.45, 2.75) is 26.8 Å². The van der Waals surface area contributed by atoms with E-state index in [9.17, 15) is 4.79 Å². The quantitative estimate of drug-likeness (QED) is 0.723. The number of carbonyl (C=O) groups is 1. The summed E-state index contributed by atoms with van der Waals surface area (Å²) in [4.78, 5) is 22.6.